The van der Waals surface area contributed by atoms with Crippen LogP contribution in [0.3, 0.4) is 0 Å². The van der Waals surface area contributed by atoms with Gasteiger partial charge in [0, 0.05) is 37.1 Å². The van der Waals surface area contributed by atoms with Crippen molar-refractivity contribution in [3.63, 3.8) is 0 Å². The summed E-state index contributed by atoms with van der Waals surface area (Å²) in [5, 5.41) is 37.5. The molecule has 0 heterocycles. The first-order chi connectivity index (χ1) is 30.1. The Morgan fingerprint density at radius 1 is 0.429 bits per heavy atom. The van der Waals surface area contributed by atoms with Crippen LogP contribution in [0.2, 0.25) is 0 Å². The van der Waals surface area contributed by atoms with Crippen LogP contribution in [-0.2, 0) is 27.2 Å². The van der Waals surface area contributed by atoms with E-state index < -0.39 is 25.5 Å². The minimum Gasteiger partial charge on any atom is -0.756 e. The SMILES string of the molecule is C[N+](C)(C)CCOP(=O)([O-])OCCCOc1ccc(N=Nc2ccc([N+](=O)[O-])cc2)cc1.C[N+](C)(C)CCOP(=O)([O-])OCCCOc1ccc(N=Nc2ccc([N+](=O)[O-])cc2)cc1.O.O.O.O.O.O. The number of likely N-dealkylation sites (N-methyl/N-ethyl adjacent to an activating group) is 2. The quantitative estimate of drug-likeness (QED) is 0.0218. The maximum Gasteiger partial charge on any atom is 0.269 e. The van der Waals surface area contributed by atoms with Crippen LogP contribution in [0.5, 0.6) is 11.5 Å². The van der Waals surface area contributed by atoms with E-state index in [9.17, 15) is 39.1 Å². The number of nitro groups is 2. The summed E-state index contributed by atoms with van der Waals surface area (Å²) in [7, 11) is 3.00. The van der Waals surface area contributed by atoms with E-state index in [2.05, 4.69) is 20.5 Å². The van der Waals surface area contributed by atoms with E-state index in [4.69, 9.17) is 27.6 Å². The van der Waals surface area contributed by atoms with Gasteiger partial charge in [-0.15, -0.1) is 0 Å². The lowest BCUT2D eigenvalue weighted by molar-refractivity contribution is -0.870. The number of azo groups is 2. The Bertz CT molecular complexity index is 2060. The van der Waals surface area contributed by atoms with Crippen LogP contribution >= 0.6 is 15.6 Å². The van der Waals surface area contributed by atoms with E-state index in [1.54, 1.807) is 48.5 Å². The van der Waals surface area contributed by atoms with E-state index in [-0.39, 0.29) is 83.9 Å². The number of non-ortho nitro benzene ring substituents is 2. The molecule has 0 aliphatic carbocycles. The molecule has 0 fully saturated rings. The molecule has 0 spiro atoms. The molecule has 4 aromatic carbocycles. The molecule has 0 saturated heterocycles. The summed E-state index contributed by atoms with van der Waals surface area (Å²) in [5.41, 5.74) is 2.12. The van der Waals surface area contributed by atoms with Gasteiger partial charge in [0.1, 0.15) is 37.8 Å². The summed E-state index contributed by atoms with van der Waals surface area (Å²) in [4.78, 5) is 43.7. The highest BCUT2D eigenvalue weighted by Gasteiger charge is 2.15. The van der Waals surface area contributed by atoms with Crippen LogP contribution in [0.4, 0.5) is 34.1 Å². The number of phosphoric ester groups is 2. The Kier molecular flexibility index (Phi) is 35.1. The topological polar surface area (TPSA) is 460 Å². The minimum absolute atomic E-state index is 0. The zero-order valence-corrected chi connectivity index (χ0v) is 41.3. The number of quaternary nitrogens is 2. The molecule has 0 amide bonds. The van der Waals surface area contributed by atoms with Gasteiger partial charge in [-0.3, -0.25) is 29.4 Å². The standard InChI is InChI=1S/2C20H27N4O7P.6H2O/c2*1-24(2,3)13-16-31-32(27,28)30-15-4-14-29-20-11-7-18(8-12-20)22-21-17-5-9-19(10-6-17)23(25)26;;;;;;/h2*5-12H,4,13-16H2,1-3H3;6*1H2. The molecule has 2 atom stereocenters. The van der Waals surface area contributed by atoms with Crippen molar-refractivity contribution in [1.82, 2.24) is 0 Å². The normalized spacial score (nSPS) is 12.6. The van der Waals surface area contributed by atoms with Crippen molar-refractivity contribution < 1.29 is 98.2 Å². The molecule has 70 heavy (non-hydrogen) atoms. The summed E-state index contributed by atoms with van der Waals surface area (Å²) in [6, 6.07) is 25.1. The maximum atomic E-state index is 11.7. The fourth-order valence-electron chi connectivity index (χ4n) is 4.51. The molecule has 2 unspecified atom stereocenters. The zero-order valence-electron chi connectivity index (χ0n) is 39.5. The lowest BCUT2D eigenvalue weighted by Gasteiger charge is -2.27. The van der Waals surface area contributed by atoms with Crippen LogP contribution in [-0.4, -0.2) is 147 Å². The van der Waals surface area contributed by atoms with Gasteiger partial charge in [0.15, 0.2) is 0 Å². The van der Waals surface area contributed by atoms with Gasteiger partial charge < -0.3 is 79.2 Å². The second-order valence-electron chi connectivity index (χ2n) is 15.6. The Morgan fingerprint density at radius 2 is 0.671 bits per heavy atom. The predicted molar refractivity (Wildman–Crippen MR) is 254 cm³/mol. The van der Waals surface area contributed by atoms with Crippen LogP contribution < -0.4 is 19.3 Å². The van der Waals surface area contributed by atoms with Gasteiger partial charge in [-0.1, -0.05) is 0 Å². The average molecular weight is 1040 g/mol. The lowest BCUT2D eigenvalue weighted by Crippen LogP contribution is -2.37. The number of ether oxygens (including phenoxy) is 2. The molecule has 4 aromatic rings. The molecule has 0 bridgehead atoms. The van der Waals surface area contributed by atoms with Crippen LogP contribution in [0, 0.1) is 20.2 Å². The van der Waals surface area contributed by atoms with E-state index in [1.807, 2.05) is 42.3 Å². The molecule has 0 aliphatic heterocycles. The first-order valence-electron chi connectivity index (χ1n) is 19.7. The molecule has 0 saturated carbocycles. The largest absolute Gasteiger partial charge is 0.756 e. The average Bonchev–Trinajstić information content (AvgIpc) is 3.22. The van der Waals surface area contributed by atoms with Gasteiger partial charge in [0.05, 0.1) is 101 Å². The highest BCUT2D eigenvalue weighted by Crippen LogP contribution is 2.39. The smallest absolute Gasteiger partial charge is 0.269 e. The molecular weight excluding hydrogens is 974 g/mol. The molecule has 0 aliphatic rings. The Hall–Kier alpha value is -5.62. The summed E-state index contributed by atoms with van der Waals surface area (Å²) >= 11 is 0. The highest BCUT2D eigenvalue weighted by atomic mass is 31.2. The van der Waals surface area contributed by atoms with Crippen molar-refractivity contribution in [2.45, 2.75) is 12.8 Å². The summed E-state index contributed by atoms with van der Waals surface area (Å²) in [5.74, 6) is 1.17. The number of hydrogen-bond donors (Lipinski definition) is 0. The molecule has 4 rings (SSSR count). The second-order valence-corrected chi connectivity index (χ2v) is 18.4. The Labute approximate surface area is 404 Å². The van der Waals surface area contributed by atoms with E-state index in [0.717, 1.165) is 0 Å². The van der Waals surface area contributed by atoms with Crippen molar-refractivity contribution in [1.29, 1.82) is 0 Å². The van der Waals surface area contributed by atoms with Gasteiger partial charge in [0.2, 0.25) is 0 Å². The highest BCUT2D eigenvalue weighted by molar-refractivity contribution is 7.46. The number of nitro benzene ring substituents is 2. The number of nitrogens with zero attached hydrogens (tertiary/aromatic N) is 8. The zero-order chi connectivity index (χ0) is 47.2. The van der Waals surface area contributed by atoms with E-state index in [1.165, 1.54) is 48.5 Å². The van der Waals surface area contributed by atoms with E-state index in [0.29, 0.717) is 69.1 Å². The fourth-order valence-corrected chi connectivity index (χ4v) is 5.97. The molecule has 28 nitrogen and oxygen atoms in total. The number of benzene rings is 4. The maximum absolute atomic E-state index is 11.7. The predicted octanol–water partition coefficient (Wildman–Crippen LogP) is 3.03. The number of rotatable bonds is 26. The molecule has 0 radical (unpaired) electrons. The third-order valence-corrected chi connectivity index (χ3v) is 9.99. The van der Waals surface area contributed by atoms with Crippen molar-refractivity contribution in [2.24, 2.45) is 20.5 Å². The summed E-state index contributed by atoms with van der Waals surface area (Å²) in [6.45, 7) is 1.68. The first kappa shape index (κ1) is 70.9. The number of phosphoric acid groups is 2. The second kappa shape index (κ2) is 34.6. The monoisotopic (exact) mass is 1040 g/mol. The van der Waals surface area contributed by atoms with Crippen molar-refractivity contribution >= 4 is 49.8 Å². The van der Waals surface area contributed by atoms with Gasteiger partial charge in [0.25, 0.3) is 27.0 Å². The van der Waals surface area contributed by atoms with Gasteiger partial charge in [-0.2, -0.15) is 20.5 Å². The van der Waals surface area contributed by atoms with Crippen LogP contribution in [0.25, 0.3) is 0 Å². The van der Waals surface area contributed by atoms with Crippen LogP contribution in [0.1, 0.15) is 12.8 Å². The summed E-state index contributed by atoms with van der Waals surface area (Å²) < 4.78 is 54.9. The molecule has 30 heteroatoms. The van der Waals surface area contributed by atoms with Crippen molar-refractivity contribution in [3.05, 3.63) is 117 Å². The number of hydrogen-bond acceptors (Lipinski definition) is 18. The van der Waals surface area contributed by atoms with E-state index >= 15 is 0 Å². The van der Waals surface area contributed by atoms with Gasteiger partial charge >= 0.3 is 0 Å². The first-order valence-corrected chi connectivity index (χ1v) is 22.6. The van der Waals surface area contributed by atoms with Crippen molar-refractivity contribution in [2.75, 3.05) is 95.0 Å². The lowest BCUT2D eigenvalue weighted by atomic mass is 10.3. The fraction of sp³-hybridized carbons (Fsp3) is 0.400. The third kappa shape index (κ3) is 31.5. The minimum atomic E-state index is -4.31. The molecular formula is C40H66N8O20P2. The van der Waals surface area contributed by atoms with Crippen molar-refractivity contribution in [3.8, 4) is 11.5 Å². The molecule has 12 N–H and O–H groups in total. The Balaban J connectivity index is -0.000000573. The van der Waals surface area contributed by atoms with Gasteiger partial charge in [-0.05, 0) is 72.8 Å². The van der Waals surface area contributed by atoms with Gasteiger partial charge in [-0.25, -0.2) is 0 Å². The third-order valence-electron chi connectivity index (χ3n) is 7.99. The summed E-state index contributed by atoms with van der Waals surface area (Å²) in [6.07, 6.45) is 0.735. The molecule has 0 aromatic heterocycles. The Morgan fingerprint density at radius 3 is 0.914 bits per heavy atom. The van der Waals surface area contributed by atoms with Crippen LogP contribution in [0.15, 0.2) is 118 Å². The molecule has 396 valence electrons.